The number of aryl methyl sites for hydroxylation is 1. The van der Waals surface area contributed by atoms with E-state index in [-0.39, 0.29) is 5.82 Å². The van der Waals surface area contributed by atoms with Gasteiger partial charge in [0.05, 0.1) is 11.6 Å². The van der Waals surface area contributed by atoms with Gasteiger partial charge in [-0.2, -0.15) is 5.10 Å². The van der Waals surface area contributed by atoms with Crippen molar-refractivity contribution in [1.82, 2.24) is 24.6 Å². The predicted molar refractivity (Wildman–Crippen MR) is 94.6 cm³/mol. The molecule has 0 unspecified atom stereocenters. The zero-order valence-corrected chi connectivity index (χ0v) is 14.2. The minimum absolute atomic E-state index is 0.182. The highest BCUT2D eigenvalue weighted by molar-refractivity contribution is 5.86. The Morgan fingerprint density at radius 2 is 1.92 bits per heavy atom. The molecule has 3 aromatic rings. The molecule has 0 atom stereocenters. The van der Waals surface area contributed by atoms with Gasteiger partial charge in [-0.15, -0.1) is 0 Å². The van der Waals surface area contributed by atoms with Crippen molar-refractivity contribution in [3.05, 3.63) is 48.2 Å². The number of benzene rings is 1. The van der Waals surface area contributed by atoms with Crippen molar-refractivity contribution in [1.29, 1.82) is 0 Å². The maximum absolute atomic E-state index is 13.0. The third-order valence-corrected chi connectivity index (χ3v) is 4.78. The third kappa shape index (κ3) is 3.46. The Bertz CT molecular complexity index is 852. The average Bonchev–Trinajstić information content (AvgIpc) is 3.01. The van der Waals surface area contributed by atoms with Crippen LogP contribution in [0.15, 0.2) is 36.8 Å². The van der Waals surface area contributed by atoms with Crippen LogP contribution in [0.3, 0.4) is 0 Å². The van der Waals surface area contributed by atoms with E-state index in [4.69, 9.17) is 0 Å². The van der Waals surface area contributed by atoms with E-state index in [1.807, 2.05) is 19.2 Å². The van der Waals surface area contributed by atoms with Crippen LogP contribution >= 0.6 is 0 Å². The van der Waals surface area contributed by atoms with Gasteiger partial charge in [0.25, 0.3) is 0 Å². The number of hydrogen-bond donors (Lipinski definition) is 1. The fraction of sp³-hybridized carbons (Fsp3) is 0.389. The first-order valence-electron chi connectivity index (χ1n) is 8.55. The van der Waals surface area contributed by atoms with Crippen LogP contribution in [0.1, 0.15) is 18.4 Å². The van der Waals surface area contributed by atoms with Crippen molar-refractivity contribution in [2.24, 2.45) is 7.05 Å². The van der Waals surface area contributed by atoms with Crippen molar-refractivity contribution >= 4 is 16.9 Å². The average molecular weight is 340 g/mol. The Morgan fingerprint density at radius 3 is 2.68 bits per heavy atom. The van der Waals surface area contributed by atoms with Gasteiger partial charge in [-0.25, -0.2) is 14.4 Å². The molecule has 6 nitrogen and oxygen atoms in total. The Morgan fingerprint density at radius 1 is 1.16 bits per heavy atom. The molecule has 0 saturated carbocycles. The topological polar surface area (TPSA) is 58.9 Å². The summed E-state index contributed by atoms with van der Waals surface area (Å²) in [6, 6.07) is 7.16. The van der Waals surface area contributed by atoms with E-state index in [1.165, 1.54) is 12.1 Å². The van der Waals surface area contributed by atoms with Crippen LogP contribution in [0.4, 0.5) is 10.2 Å². The summed E-state index contributed by atoms with van der Waals surface area (Å²) in [6.07, 6.45) is 5.48. The van der Waals surface area contributed by atoms with Gasteiger partial charge in [-0.05, 0) is 30.5 Å². The minimum atomic E-state index is -0.182. The number of anilines is 1. The zero-order chi connectivity index (χ0) is 17.2. The first-order chi connectivity index (χ1) is 12.2. The van der Waals surface area contributed by atoms with E-state index in [9.17, 15) is 4.39 Å². The molecule has 2 aromatic heterocycles. The number of rotatable bonds is 4. The lowest BCUT2D eigenvalue weighted by atomic mass is 10.0. The smallest absolute Gasteiger partial charge is 0.163 e. The predicted octanol–water partition coefficient (Wildman–Crippen LogP) is 2.58. The van der Waals surface area contributed by atoms with Crippen LogP contribution < -0.4 is 5.32 Å². The summed E-state index contributed by atoms with van der Waals surface area (Å²) < 4.78 is 14.8. The Kier molecular flexibility index (Phi) is 4.31. The van der Waals surface area contributed by atoms with E-state index < -0.39 is 0 Å². The number of likely N-dealkylation sites (tertiary alicyclic amines) is 1. The molecule has 4 rings (SSSR count). The van der Waals surface area contributed by atoms with Crippen LogP contribution in [0.2, 0.25) is 0 Å². The van der Waals surface area contributed by atoms with Crippen LogP contribution in [-0.2, 0) is 13.6 Å². The number of fused-ring (bicyclic) bond motifs is 1. The summed E-state index contributed by atoms with van der Waals surface area (Å²) >= 11 is 0. The second kappa shape index (κ2) is 6.76. The van der Waals surface area contributed by atoms with E-state index in [1.54, 1.807) is 17.2 Å². The lowest BCUT2D eigenvalue weighted by Gasteiger charge is -2.32. The summed E-state index contributed by atoms with van der Waals surface area (Å²) in [4.78, 5) is 11.1. The van der Waals surface area contributed by atoms with Gasteiger partial charge < -0.3 is 5.32 Å². The first kappa shape index (κ1) is 16.0. The summed E-state index contributed by atoms with van der Waals surface area (Å²) in [7, 11) is 1.88. The fourth-order valence-corrected chi connectivity index (χ4v) is 3.35. The van der Waals surface area contributed by atoms with Gasteiger partial charge in [0.15, 0.2) is 5.65 Å². The maximum atomic E-state index is 13.0. The molecule has 1 fully saturated rings. The molecule has 1 aliphatic heterocycles. The van der Waals surface area contributed by atoms with E-state index in [0.717, 1.165) is 54.9 Å². The number of halogens is 1. The van der Waals surface area contributed by atoms with E-state index >= 15 is 0 Å². The van der Waals surface area contributed by atoms with Crippen molar-refractivity contribution < 1.29 is 4.39 Å². The Balaban J connectivity index is 1.36. The molecule has 3 heterocycles. The van der Waals surface area contributed by atoms with Crippen molar-refractivity contribution in [3.63, 3.8) is 0 Å². The quantitative estimate of drug-likeness (QED) is 0.791. The second-order valence-electron chi connectivity index (χ2n) is 6.55. The highest BCUT2D eigenvalue weighted by Gasteiger charge is 2.20. The number of piperidine rings is 1. The molecular formula is C18H21FN6. The monoisotopic (exact) mass is 340 g/mol. The molecule has 25 heavy (non-hydrogen) atoms. The van der Waals surface area contributed by atoms with Gasteiger partial charge in [0, 0.05) is 32.7 Å². The Hall–Kier alpha value is -2.54. The lowest BCUT2D eigenvalue weighted by Crippen LogP contribution is -2.38. The normalized spacial score (nSPS) is 16.4. The number of nitrogens with one attached hydrogen (secondary N) is 1. The van der Waals surface area contributed by atoms with Crippen LogP contribution in [0.5, 0.6) is 0 Å². The Labute approximate surface area is 145 Å². The van der Waals surface area contributed by atoms with Gasteiger partial charge in [0.1, 0.15) is 18.0 Å². The first-order valence-corrected chi connectivity index (χ1v) is 8.55. The molecule has 7 heteroatoms. The van der Waals surface area contributed by atoms with Gasteiger partial charge in [-0.3, -0.25) is 9.58 Å². The summed E-state index contributed by atoms with van der Waals surface area (Å²) in [5.74, 6) is 0.674. The van der Waals surface area contributed by atoms with E-state index in [0.29, 0.717) is 6.04 Å². The summed E-state index contributed by atoms with van der Waals surface area (Å²) in [5, 5.41) is 8.76. The lowest BCUT2D eigenvalue weighted by molar-refractivity contribution is 0.211. The highest BCUT2D eigenvalue weighted by Crippen LogP contribution is 2.22. The third-order valence-electron chi connectivity index (χ3n) is 4.78. The molecule has 1 saturated heterocycles. The minimum Gasteiger partial charge on any atom is -0.367 e. The molecule has 1 N–H and O–H groups in total. The number of nitrogens with zero attached hydrogens (tertiary/aromatic N) is 5. The second-order valence-corrected chi connectivity index (χ2v) is 6.55. The number of aromatic nitrogens is 4. The molecule has 0 amide bonds. The summed E-state index contributed by atoms with van der Waals surface area (Å²) in [6.45, 7) is 2.89. The van der Waals surface area contributed by atoms with Crippen molar-refractivity contribution in [2.75, 3.05) is 18.4 Å². The van der Waals surface area contributed by atoms with Gasteiger partial charge in [-0.1, -0.05) is 12.1 Å². The van der Waals surface area contributed by atoms with Crippen molar-refractivity contribution in [2.45, 2.75) is 25.4 Å². The van der Waals surface area contributed by atoms with Gasteiger partial charge >= 0.3 is 0 Å². The van der Waals surface area contributed by atoms with Crippen molar-refractivity contribution in [3.8, 4) is 0 Å². The molecule has 130 valence electrons. The zero-order valence-electron chi connectivity index (χ0n) is 14.2. The van der Waals surface area contributed by atoms with Gasteiger partial charge in [0.2, 0.25) is 0 Å². The summed E-state index contributed by atoms with van der Waals surface area (Å²) in [5.41, 5.74) is 1.99. The van der Waals surface area contributed by atoms with Crippen LogP contribution in [0.25, 0.3) is 11.0 Å². The highest BCUT2D eigenvalue weighted by atomic mass is 19.1. The molecule has 0 spiro atoms. The molecule has 0 radical (unpaired) electrons. The SMILES string of the molecule is Cn1ncc2c(NC3CCN(Cc4ccc(F)cc4)CC3)ncnc21. The standard InChI is InChI=1S/C18H21FN6/c1-24-18-16(10-22-24)17(20-12-21-18)23-15-6-8-25(9-7-15)11-13-2-4-14(19)5-3-13/h2-5,10,12,15H,6-9,11H2,1H3,(H,20,21,23). The molecule has 1 aromatic carbocycles. The van der Waals surface area contributed by atoms with E-state index in [2.05, 4.69) is 25.3 Å². The van der Waals surface area contributed by atoms with Crippen LogP contribution in [0, 0.1) is 5.82 Å². The van der Waals surface area contributed by atoms with Crippen LogP contribution in [-0.4, -0.2) is 43.8 Å². The molecule has 0 bridgehead atoms. The molecule has 0 aliphatic carbocycles. The number of hydrogen-bond acceptors (Lipinski definition) is 5. The molecular weight excluding hydrogens is 319 g/mol. The molecule has 1 aliphatic rings. The largest absolute Gasteiger partial charge is 0.367 e. The maximum Gasteiger partial charge on any atom is 0.163 e. The fourth-order valence-electron chi connectivity index (χ4n) is 3.35.